The lowest BCUT2D eigenvalue weighted by atomic mass is 10.2. The number of hydrogen-bond donors (Lipinski definition) is 1. The Morgan fingerprint density at radius 3 is 2.80 bits per heavy atom. The Hall–Kier alpha value is -0.160. The molecule has 15 heavy (non-hydrogen) atoms. The molecule has 0 radical (unpaired) electrons. The molecule has 0 amide bonds. The van der Waals surface area contributed by atoms with Gasteiger partial charge in [0.1, 0.15) is 0 Å². The first-order valence-corrected chi connectivity index (χ1v) is 5.77. The molecule has 1 heterocycles. The average molecular weight is 217 g/mol. The molecule has 0 spiro atoms. The van der Waals surface area contributed by atoms with Gasteiger partial charge in [0.15, 0.2) is 0 Å². The molecule has 0 saturated carbocycles. The van der Waals surface area contributed by atoms with Crippen LogP contribution in [0, 0.1) is 5.92 Å². The molecule has 1 aliphatic rings. The maximum absolute atomic E-state index is 5.49. The van der Waals surface area contributed by atoms with Crippen LogP contribution in [-0.2, 0) is 14.2 Å². The highest BCUT2D eigenvalue weighted by molar-refractivity contribution is 4.65. The summed E-state index contributed by atoms with van der Waals surface area (Å²) in [6.07, 6.45) is 0.212. The van der Waals surface area contributed by atoms with Crippen molar-refractivity contribution in [3.8, 4) is 0 Å². The lowest BCUT2D eigenvalue weighted by molar-refractivity contribution is -0.0442. The molecule has 1 atom stereocenters. The smallest absolute Gasteiger partial charge is 0.0933 e. The highest BCUT2D eigenvalue weighted by atomic mass is 16.5. The molecule has 0 bridgehead atoms. The summed E-state index contributed by atoms with van der Waals surface area (Å²) < 4.78 is 16.4. The van der Waals surface area contributed by atoms with E-state index in [-0.39, 0.29) is 6.10 Å². The molecule has 1 rings (SSSR count). The van der Waals surface area contributed by atoms with Crippen LogP contribution in [0.5, 0.6) is 0 Å². The van der Waals surface area contributed by atoms with E-state index in [4.69, 9.17) is 14.2 Å². The first-order valence-electron chi connectivity index (χ1n) is 5.77. The molecule has 90 valence electrons. The Morgan fingerprint density at radius 2 is 2.13 bits per heavy atom. The highest BCUT2D eigenvalue weighted by Gasteiger charge is 2.12. The van der Waals surface area contributed by atoms with Crippen molar-refractivity contribution in [2.45, 2.75) is 20.0 Å². The maximum Gasteiger partial charge on any atom is 0.0933 e. The van der Waals surface area contributed by atoms with E-state index < -0.39 is 0 Å². The standard InChI is InChI=1S/C11H23NO3/c1-10(2)8-13-5-6-14-9-11-7-12-3-4-15-11/h10-12H,3-9H2,1-2H3. The Morgan fingerprint density at radius 1 is 1.33 bits per heavy atom. The van der Waals surface area contributed by atoms with Gasteiger partial charge in [0.2, 0.25) is 0 Å². The van der Waals surface area contributed by atoms with Gasteiger partial charge in [0.05, 0.1) is 32.5 Å². The van der Waals surface area contributed by atoms with Crippen molar-refractivity contribution in [1.82, 2.24) is 5.32 Å². The van der Waals surface area contributed by atoms with E-state index in [0.717, 1.165) is 26.3 Å². The molecule has 1 N–H and O–H groups in total. The lowest BCUT2D eigenvalue weighted by Gasteiger charge is -2.23. The molecule has 1 unspecified atom stereocenters. The summed E-state index contributed by atoms with van der Waals surface area (Å²) in [5.74, 6) is 0.593. The van der Waals surface area contributed by atoms with Gasteiger partial charge in [-0.25, -0.2) is 0 Å². The number of rotatable bonds is 7. The van der Waals surface area contributed by atoms with Crippen molar-refractivity contribution in [3.63, 3.8) is 0 Å². The van der Waals surface area contributed by atoms with Crippen LogP contribution in [0.1, 0.15) is 13.8 Å². The number of ether oxygens (including phenoxy) is 3. The van der Waals surface area contributed by atoms with E-state index in [1.807, 2.05) is 0 Å². The van der Waals surface area contributed by atoms with Gasteiger partial charge in [-0.2, -0.15) is 0 Å². The zero-order valence-corrected chi connectivity index (χ0v) is 9.83. The predicted octanol–water partition coefficient (Wildman–Crippen LogP) is 0.664. The van der Waals surface area contributed by atoms with Crippen molar-refractivity contribution >= 4 is 0 Å². The molecular weight excluding hydrogens is 194 g/mol. The monoisotopic (exact) mass is 217 g/mol. The van der Waals surface area contributed by atoms with Crippen molar-refractivity contribution in [1.29, 1.82) is 0 Å². The third-order valence-electron chi connectivity index (χ3n) is 2.13. The maximum atomic E-state index is 5.49. The molecule has 4 nitrogen and oxygen atoms in total. The summed E-state index contributed by atoms with van der Waals surface area (Å²) in [7, 11) is 0. The summed E-state index contributed by atoms with van der Waals surface area (Å²) >= 11 is 0. The Balaban J connectivity index is 1.83. The van der Waals surface area contributed by atoms with Gasteiger partial charge in [-0.1, -0.05) is 13.8 Å². The van der Waals surface area contributed by atoms with Crippen molar-refractivity contribution in [3.05, 3.63) is 0 Å². The van der Waals surface area contributed by atoms with Crippen LogP contribution < -0.4 is 5.32 Å². The summed E-state index contributed by atoms with van der Waals surface area (Å²) in [5, 5.41) is 3.27. The second kappa shape index (κ2) is 8.05. The molecule has 1 aliphatic heterocycles. The zero-order chi connectivity index (χ0) is 10.9. The Labute approximate surface area is 92.3 Å². The predicted molar refractivity (Wildman–Crippen MR) is 59.1 cm³/mol. The molecule has 0 aliphatic carbocycles. The van der Waals surface area contributed by atoms with Crippen molar-refractivity contribution in [2.24, 2.45) is 5.92 Å². The molecule has 0 aromatic carbocycles. The van der Waals surface area contributed by atoms with E-state index in [0.29, 0.717) is 25.7 Å². The third kappa shape index (κ3) is 6.84. The van der Waals surface area contributed by atoms with Crippen LogP contribution in [0.15, 0.2) is 0 Å². The van der Waals surface area contributed by atoms with Crippen LogP contribution in [0.25, 0.3) is 0 Å². The summed E-state index contributed by atoms with van der Waals surface area (Å²) in [4.78, 5) is 0. The van der Waals surface area contributed by atoms with Crippen molar-refractivity contribution < 1.29 is 14.2 Å². The largest absolute Gasteiger partial charge is 0.379 e. The van der Waals surface area contributed by atoms with Crippen LogP contribution in [0.4, 0.5) is 0 Å². The summed E-state index contributed by atoms with van der Waals surface area (Å²) in [5.41, 5.74) is 0. The van der Waals surface area contributed by atoms with Gasteiger partial charge in [-0.15, -0.1) is 0 Å². The molecule has 1 fully saturated rings. The fraction of sp³-hybridized carbons (Fsp3) is 1.00. The second-order valence-corrected chi connectivity index (χ2v) is 4.24. The zero-order valence-electron chi connectivity index (χ0n) is 9.83. The average Bonchev–Trinajstić information content (AvgIpc) is 2.24. The van der Waals surface area contributed by atoms with Crippen LogP contribution >= 0.6 is 0 Å². The van der Waals surface area contributed by atoms with Gasteiger partial charge in [-0.05, 0) is 5.92 Å². The minimum absolute atomic E-state index is 0.212. The first kappa shape index (κ1) is 12.9. The van der Waals surface area contributed by atoms with Gasteiger partial charge in [0.25, 0.3) is 0 Å². The van der Waals surface area contributed by atoms with Gasteiger partial charge in [-0.3, -0.25) is 0 Å². The fourth-order valence-electron chi connectivity index (χ4n) is 1.38. The molecule has 0 aromatic heterocycles. The highest BCUT2D eigenvalue weighted by Crippen LogP contribution is 1.97. The lowest BCUT2D eigenvalue weighted by Crippen LogP contribution is -2.41. The fourth-order valence-corrected chi connectivity index (χ4v) is 1.38. The number of hydrogen-bond acceptors (Lipinski definition) is 4. The molecule has 0 aromatic rings. The van der Waals surface area contributed by atoms with Crippen LogP contribution in [-0.4, -0.2) is 52.2 Å². The summed E-state index contributed by atoms with van der Waals surface area (Å²) in [6.45, 7) is 9.73. The SMILES string of the molecule is CC(C)COCCOCC1CNCCO1. The molecule has 4 heteroatoms. The van der Waals surface area contributed by atoms with Crippen LogP contribution in [0.3, 0.4) is 0 Å². The third-order valence-corrected chi connectivity index (χ3v) is 2.13. The molecule has 1 saturated heterocycles. The van der Waals surface area contributed by atoms with Crippen molar-refractivity contribution in [2.75, 3.05) is 46.1 Å². The second-order valence-electron chi connectivity index (χ2n) is 4.24. The first-order chi connectivity index (χ1) is 7.29. The topological polar surface area (TPSA) is 39.7 Å². The Kier molecular flexibility index (Phi) is 6.92. The van der Waals surface area contributed by atoms with Crippen LogP contribution in [0.2, 0.25) is 0 Å². The van der Waals surface area contributed by atoms with E-state index in [1.165, 1.54) is 0 Å². The minimum atomic E-state index is 0.212. The normalized spacial score (nSPS) is 22.2. The van der Waals surface area contributed by atoms with Gasteiger partial charge < -0.3 is 19.5 Å². The van der Waals surface area contributed by atoms with Gasteiger partial charge in [0, 0.05) is 19.7 Å². The minimum Gasteiger partial charge on any atom is -0.379 e. The van der Waals surface area contributed by atoms with E-state index >= 15 is 0 Å². The number of nitrogens with one attached hydrogen (secondary N) is 1. The Bertz CT molecular complexity index is 147. The summed E-state index contributed by atoms with van der Waals surface area (Å²) in [6, 6.07) is 0. The molecular formula is C11H23NO3. The van der Waals surface area contributed by atoms with E-state index in [2.05, 4.69) is 19.2 Å². The van der Waals surface area contributed by atoms with E-state index in [9.17, 15) is 0 Å². The number of morpholine rings is 1. The van der Waals surface area contributed by atoms with E-state index in [1.54, 1.807) is 0 Å². The quantitative estimate of drug-likeness (QED) is 0.636. The van der Waals surface area contributed by atoms with Gasteiger partial charge >= 0.3 is 0 Å².